The van der Waals surface area contributed by atoms with Gasteiger partial charge in [0.2, 0.25) is 0 Å². The van der Waals surface area contributed by atoms with Gasteiger partial charge in [-0.05, 0) is 38.5 Å². The molecule has 0 aliphatic carbocycles. The molecule has 0 saturated heterocycles. The van der Waals surface area contributed by atoms with E-state index >= 15 is 0 Å². The van der Waals surface area contributed by atoms with Crippen LogP contribution in [-0.4, -0.2) is 16.6 Å². The molecule has 2 rings (SSSR count). The van der Waals surface area contributed by atoms with Crippen molar-refractivity contribution in [3.8, 4) is 6.07 Å². The molecule has 0 spiro atoms. The van der Waals surface area contributed by atoms with E-state index < -0.39 is 34.4 Å². The average Bonchev–Trinajstić information content (AvgIpc) is 2.60. The van der Waals surface area contributed by atoms with Crippen molar-refractivity contribution in [3.05, 3.63) is 75.6 Å². The summed E-state index contributed by atoms with van der Waals surface area (Å²) in [4.78, 5) is 23.1. The minimum absolute atomic E-state index is 0.111. The molecule has 0 aliphatic rings. The standard InChI is InChI=1S/C20H20FN3O4/c1-20(2,3)28-19(25)23-18(13-7-6-8-14(21)11-13)16(12-22)15-9-4-5-10-17(15)24(26)27/h4-11,16,18H,1-3H3,(H,23,25)/t16-,18-/m1/s1. The number of nitro benzene ring substituents is 1. The number of carbonyl (C=O) groups is 1. The number of carbonyl (C=O) groups excluding carboxylic acids is 1. The quantitative estimate of drug-likeness (QED) is 0.598. The summed E-state index contributed by atoms with van der Waals surface area (Å²) in [5.74, 6) is -1.70. The molecule has 0 bridgehead atoms. The van der Waals surface area contributed by atoms with Gasteiger partial charge in [-0.25, -0.2) is 9.18 Å². The normalized spacial score (nSPS) is 13.1. The van der Waals surface area contributed by atoms with Crippen LogP contribution in [0.5, 0.6) is 0 Å². The Balaban J connectivity index is 2.52. The summed E-state index contributed by atoms with van der Waals surface area (Å²) in [5, 5.41) is 23.7. The number of amides is 1. The number of hydrogen-bond acceptors (Lipinski definition) is 5. The highest BCUT2D eigenvalue weighted by Gasteiger charge is 2.33. The summed E-state index contributed by atoms with van der Waals surface area (Å²) in [6.45, 7) is 5.02. The molecule has 1 N–H and O–H groups in total. The lowest BCUT2D eigenvalue weighted by molar-refractivity contribution is -0.385. The molecular formula is C20H20FN3O4. The molecule has 0 aliphatic heterocycles. The second kappa shape index (κ2) is 8.48. The van der Waals surface area contributed by atoms with Crippen molar-refractivity contribution >= 4 is 11.8 Å². The fourth-order valence-electron chi connectivity index (χ4n) is 2.73. The molecule has 0 radical (unpaired) electrons. The smallest absolute Gasteiger partial charge is 0.408 e. The number of nitrogens with one attached hydrogen (secondary N) is 1. The Morgan fingerprint density at radius 2 is 1.93 bits per heavy atom. The highest BCUT2D eigenvalue weighted by Crippen LogP contribution is 2.36. The van der Waals surface area contributed by atoms with Gasteiger partial charge in [0, 0.05) is 11.6 Å². The molecule has 2 atom stereocenters. The first-order chi connectivity index (χ1) is 13.1. The summed E-state index contributed by atoms with van der Waals surface area (Å²) in [6.07, 6.45) is -0.819. The zero-order chi connectivity index (χ0) is 20.9. The van der Waals surface area contributed by atoms with Crippen molar-refractivity contribution in [2.45, 2.75) is 38.3 Å². The molecule has 7 nitrogen and oxygen atoms in total. The van der Waals surface area contributed by atoms with E-state index in [1.165, 1.54) is 42.5 Å². The maximum absolute atomic E-state index is 13.8. The summed E-state index contributed by atoms with van der Waals surface area (Å²) in [5.41, 5.74) is -0.658. The highest BCUT2D eigenvalue weighted by atomic mass is 19.1. The van der Waals surface area contributed by atoms with E-state index in [0.29, 0.717) is 0 Å². The molecule has 2 aromatic rings. The van der Waals surface area contributed by atoms with Crippen LogP contribution in [0.3, 0.4) is 0 Å². The molecule has 2 aromatic carbocycles. The van der Waals surface area contributed by atoms with Crippen LogP contribution in [0.25, 0.3) is 0 Å². The van der Waals surface area contributed by atoms with Gasteiger partial charge in [-0.2, -0.15) is 5.26 Å². The van der Waals surface area contributed by atoms with E-state index in [4.69, 9.17) is 4.74 Å². The first-order valence-electron chi connectivity index (χ1n) is 8.50. The van der Waals surface area contributed by atoms with Gasteiger partial charge >= 0.3 is 6.09 Å². The molecule has 0 heterocycles. The van der Waals surface area contributed by atoms with Gasteiger partial charge in [0.05, 0.1) is 17.0 Å². The predicted octanol–water partition coefficient (Wildman–Crippen LogP) is 4.61. The maximum Gasteiger partial charge on any atom is 0.408 e. The van der Waals surface area contributed by atoms with Crippen LogP contribution in [0.1, 0.15) is 43.9 Å². The Morgan fingerprint density at radius 3 is 2.50 bits per heavy atom. The van der Waals surface area contributed by atoms with E-state index in [2.05, 4.69) is 5.32 Å². The molecule has 146 valence electrons. The summed E-state index contributed by atoms with van der Waals surface area (Å²) in [7, 11) is 0. The van der Waals surface area contributed by atoms with Crippen LogP contribution in [-0.2, 0) is 4.74 Å². The first kappa shape index (κ1) is 20.8. The van der Waals surface area contributed by atoms with Crippen molar-refractivity contribution < 1.29 is 18.8 Å². The maximum atomic E-state index is 13.8. The minimum Gasteiger partial charge on any atom is -0.444 e. The van der Waals surface area contributed by atoms with E-state index in [1.807, 2.05) is 6.07 Å². The largest absolute Gasteiger partial charge is 0.444 e. The topological polar surface area (TPSA) is 105 Å². The monoisotopic (exact) mass is 385 g/mol. The molecule has 28 heavy (non-hydrogen) atoms. The van der Waals surface area contributed by atoms with E-state index in [1.54, 1.807) is 26.8 Å². The van der Waals surface area contributed by atoms with Crippen LogP contribution in [0.15, 0.2) is 48.5 Å². The Kier molecular flexibility index (Phi) is 6.31. The number of nitriles is 1. The van der Waals surface area contributed by atoms with E-state index in [-0.39, 0.29) is 16.8 Å². The van der Waals surface area contributed by atoms with Crippen molar-refractivity contribution in [1.29, 1.82) is 5.26 Å². The summed E-state index contributed by atoms with van der Waals surface area (Å²) >= 11 is 0. The fraction of sp³-hybridized carbons (Fsp3) is 0.300. The third-order valence-electron chi connectivity index (χ3n) is 3.82. The zero-order valence-corrected chi connectivity index (χ0v) is 15.7. The molecule has 0 aromatic heterocycles. The third kappa shape index (κ3) is 5.27. The van der Waals surface area contributed by atoms with Crippen molar-refractivity contribution in [2.75, 3.05) is 0 Å². The van der Waals surface area contributed by atoms with Crippen molar-refractivity contribution in [3.63, 3.8) is 0 Å². The Hall–Kier alpha value is -3.47. The third-order valence-corrected chi connectivity index (χ3v) is 3.82. The van der Waals surface area contributed by atoms with Gasteiger partial charge in [0.1, 0.15) is 17.3 Å². The van der Waals surface area contributed by atoms with Crippen LogP contribution in [0.4, 0.5) is 14.9 Å². The number of benzene rings is 2. The van der Waals surface area contributed by atoms with Gasteiger partial charge in [0.15, 0.2) is 0 Å². The van der Waals surface area contributed by atoms with Gasteiger partial charge in [-0.15, -0.1) is 0 Å². The van der Waals surface area contributed by atoms with Crippen LogP contribution < -0.4 is 5.32 Å². The Labute approximate surface area is 161 Å². The van der Waals surface area contributed by atoms with Gasteiger partial charge in [-0.3, -0.25) is 10.1 Å². The highest BCUT2D eigenvalue weighted by molar-refractivity contribution is 5.69. The SMILES string of the molecule is CC(C)(C)OC(=O)N[C@H](c1cccc(F)c1)[C@H](C#N)c1ccccc1[N+](=O)[O-]. The molecular weight excluding hydrogens is 365 g/mol. The number of nitro groups is 1. The number of hydrogen-bond donors (Lipinski definition) is 1. The van der Waals surface area contributed by atoms with Crippen LogP contribution >= 0.6 is 0 Å². The van der Waals surface area contributed by atoms with E-state index in [0.717, 1.165) is 0 Å². The second-order valence-electron chi connectivity index (χ2n) is 7.10. The number of halogens is 1. The lowest BCUT2D eigenvalue weighted by Crippen LogP contribution is -2.37. The van der Waals surface area contributed by atoms with E-state index in [9.17, 15) is 24.6 Å². The fourth-order valence-corrected chi connectivity index (χ4v) is 2.73. The van der Waals surface area contributed by atoms with Crippen LogP contribution in [0, 0.1) is 27.3 Å². The summed E-state index contributed by atoms with van der Waals surface area (Å²) < 4.78 is 19.0. The minimum atomic E-state index is -1.14. The second-order valence-corrected chi connectivity index (χ2v) is 7.10. The number of ether oxygens (including phenoxy) is 1. The number of para-hydroxylation sites is 1. The Morgan fingerprint density at radius 1 is 1.25 bits per heavy atom. The average molecular weight is 385 g/mol. The van der Waals surface area contributed by atoms with Crippen molar-refractivity contribution in [2.24, 2.45) is 0 Å². The molecule has 0 saturated carbocycles. The first-order valence-corrected chi connectivity index (χ1v) is 8.50. The number of alkyl carbamates (subject to hydrolysis) is 1. The van der Waals surface area contributed by atoms with Crippen LogP contribution in [0.2, 0.25) is 0 Å². The lowest BCUT2D eigenvalue weighted by atomic mass is 9.87. The molecule has 0 unspecified atom stereocenters. The predicted molar refractivity (Wildman–Crippen MR) is 100.0 cm³/mol. The molecule has 1 amide bonds. The van der Waals surface area contributed by atoms with Gasteiger partial charge in [-0.1, -0.05) is 30.3 Å². The van der Waals surface area contributed by atoms with Gasteiger partial charge in [0.25, 0.3) is 5.69 Å². The number of rotatable bonds is 5. The zero-order valence-electron chi connectivity index (χ0n) is 15.7. The lowest BCUT2D eigenvalue weighted by Gasteiger charge is -2.26. The molecule has 0 fully saturated rings. The Bertz CT molecular complexity index is 918. The van der Waals surface area contributed by atoms with Crippen molar-refractivity contribution in [1.82, 2.24) is 5.32 Å². The summed E-state index contributed by atoms with van der Waals surface area (Å²) in [6, 6.07) is 12.1. The number of nitrogens with zero attached hydrogens (tertiary/aromatic N) is 2. The van der Waals surface area contributed by atoms with Gasteiger partial charge < -0.3 is 10.1 Å². The molecule has 8 heteroatoms.